The number of halogens is 3. The topological polar surface area (TPSA) is 47.3 Å². The van der Waals surface area contributed by atoms with Crippen molar-refractivity contribution in [2.45, 2.75) is 19.6 Å². The summed E-state index contributed by atoms with van der Waals surface area (Å²) in [5.41, 5.74) is -0.308. The van der Waals surface area contributed by atoms with E-state index in [0.717, 1.165) is 12.6 Å². The largest absolute Gasteiger partial charge is 0.419 e. The van der Waals surface area contributed by atoms with E-state index in [4.69, 9.17) is 9.15 Å². The van der Waals surface area contributed by atoms with Crippen LogP contribution in [0.3, 0.4) is 0 Å². The molecule has 7 heteroatoms. The highest BCUT2D eigenvalue weighted by Crippen LogP contribution is 2.37. The SMILES string of the molecule is CCNCc1coc(Oc2ccccc2C(F)(F)F)n1. The Kier molecular flexibility index (Phi) is 4.29. The van der Waals surface area contributed by atoms with Gasteiger partial charge in [0.1, 0.15) is 12.0 Å². The van der Waals surface area contributed by atoms with Crippen LogP contribution in [-0.4, -0.2) is 11.5 Å². The van der Waals surface area contributed by atoms with Gasteiger partial charge in [0, 0.05) is 6.54 Å². The number of para-hydroxylation sites is 1. The molecule has 1 heterocycles. The van der Waals surface area contributed by atoms with Gasteiger partial charge in [-0.3, -0.25) is 0 Å². The number of rotatable bonds is 5. The molecule has 20 heavy (non-hydrogen) atoms. The van der Waals surface area contributed by atoms with Crippen molar-refractivity contribution in [3.8, 4) is 11.8 Å². The first-order chi connectivity index (χ1) is 9.50. The van der Waals surface area contributed by atoms with E-state index < -0.39 is 11.7 Å². The molecule has 2 aromatic rings. The number of benzene rings is 1. The summed E-state index contributed by atoms with van der Waals surface area (Å²) >= 11 is 0. The Bertz CT molecular complexity index is 567. The van der Waals surface area contributed by atoms with E-state index in [2.05, 4.69) is 10.3 Å². The highest BCUT2D eigenvalue weighted by molar-refractivity contribution is 5.36. The van der Waals surface area contributed by atoms with Crippen LogP contribution in [0, 0.1) is 0 Å². The predicted molar refractivity (Wildman–Crippen MR) is 65.4 cm³/mol. The highest BCUT2D eigenvalue weighted by Gasteiger charge is 2.34. The third kappa shape index (κ3) is 3.51. The molecule has 0 aliphatic heterocycles. The smallest absolute Gasteiger partial charge is 0.417 e. The Labute approximate surface area is 113 Å². The lowest BCUT2D eigenvalue weighted by Crippen LogP contribution is -2.11. The number of aromatic nitrogens is 1. The fourth-order valence-electron chi connectivity index (χ4n) is 1.55. The molecule has 0 atom stereocenters. The van der Waals surface area contributed by atoms with Crippen molar-refractivity contribution in [1.29, 1.82) is 0 Å². The quantitative estimate of drug-likeness (QED) is 0.912. The molecule has 0 saturated heterocycles. The van der Waals surface area contributed by atoms with Gasteiger partial charge in [-0.2, -0.15) is 18.2 Å². The molecule has 0 spiro atoms. The lowest BCUT2D eigenvalue weighted by atomic mass is 10.2. The second-order valence-corrected chi connectivity index (χ2v) is 3.98. The molecule has 0 unspecified atom stereocenters. The van der Waals surface area contributed by atoms with Crippen LogP contribution in [0.25, 0.3) is 0 Å². The zero-order valence-electron chi connectivity index (χ0n) is 10.7. The van der Waals surface area contributed by atoms with Crippen molar-refractivity contribution in [3.05, 3.63) is 41.8 Å². The number of nitrogens with zero attached hydrogens (tertiary/aromatic N) is 1. The molecule has 1 aromatic heterocycles. The second-order valence-electron chi connectivity index (χ2n) is 3.98. The van der Waals surface area contributed by atoms with Gasteiger partial charge in [-0.25, -0.2) is 0 Å². The van der Waals surface area contributed by atoms with Gasteiger partial charge >= 0.3 is 12.3 Å². The van der Waals surface area contributed by atoms with Crippen LogP contribution in [0.2, 0.25) is 0 Å². The van der Waals surface area contributed by atoms with Gasteiger partial charge in [-0.15, -0.1) is 0 Å². The zero-order valence-corrected chi connectivity index (χ0v) is 10.7. The lowest BCUT2D eigenvalue weighted by molar-refractivity contribution is -0.138. The summed E-state index contributed by atoms with van der Waals surface area (Å²) in [5, 5.41) is 3.02. The number of hydrogen-bond acceptors (Lipinski definition) is 4. The molecule has 0 aliphatic carbocycles. The average Bonchev–Trinajstić information content (AvgIpc) is 2.83. The van der Waals surface area contributed by atoms with Gasteiger partial charge in [0.05, 0.1) is 11.3 Å². The summed E-state index contributed by atoms with van der Waals surface area (Å²) < 4.78 is 48.4. The second kappa shape index (κ2) is 5.96. The van der Waals surface area contributed by atoms with Crippen LogP contribution in [-0.2, 0) is 12.7 Å². The molecule has 1 aromatic carbocycles. The fraction of sp³-hybridized carbons (Fsp3) is 0.308. The molecular weight excluding hydrogens is 273 g/mol. The van der Waals surface area contributed by atoms with E-state index in [9.17, 15) is 13.2 Å². The molecule has 0 aliphatic rings. The molecule has 0 radical (unpaired) electrons. The standard InChI is InChI=1S/C13H13F3N2O2/c1-2-17-7-9-8-19-12(18-9)20-11-6-4-3-5-10(11)13(14,15)16/h3-6,8,17H,2,7H2,1H3. The summed E-state index contributed by atoms with van der Waals surface area (Å²) in [6, 6.07) is 4.91. The van der Waals surface area contributed by atoms with Crippen molar-refractivity contribution < 1.29 is 22.3 Å². The third-order valence-electron chi connectivity index (χ3n) is 2.48. The molecule has 1 N–H and O–H groups in total. The average molecular weight is 286 g/mol. The Hall–Kier alpha value is -2.02. The molecule has 4 nitrogen and oxygen atoms in total. The summed E-state index contributed by atoms with van der Waals surface area (Å²) in [4.78, 5) is 3.95. The minimum atomic E-state index is -4.49. The molecule has 0 bridgehead atoms. The summed E-state index contributed by atoms with van der Waals surface area (Å²) in [7, 11) is 0. The van der Waals surface area contributed by atoms with Crippen molar-refractivity contribution in [2.24, 2.45) is 0 Å². The molecule has 0 fully saturated rings. The van der Waals surface area contributed by atoms with Gasteiger partial charge in [-0.05, 0) is 18.7 Å². The Morgan fingerprint density at radius 2 is 2.05 bits per heavy atom. The number of oxazole rings is 1. The lowest BCUT2D eigenvalue weighted by Gasteiger charge is -2.10. The number of hydrogen-bond donors (Lipinski definition) is 1. The van der Waals surface area contributed by atoms with Crippen molar-refractivity contribution in [2.75, 3.05) is 6.54 Å². The fourth-order valence-corrected chi connectivity index (χ4v) is 1.55. The number of ether oxygens (including phenoxy) is 1. The summed E-state index contributed by atoms with van der Waals surface area (Å²) in [6.07, 6.45) is -3.36. The minimum Gasteiger partial charge on any atom is -0.417 e. The van der Waals surface area contributed by atoms with Gasteiger partial charge < -0.3 is 14.5 Å². The molecule has 108 valence electrons. The highest BCUT2D eigenvalue weighted by atomic mass is 19.4. The van der Waals surface area contributed by atoms with E-state index in [0.29, 0.717) is 12.2 Å². The Morgan fingerprint density at radius 1 is 1.30 bits per heavy atom. The number of nitrogens with one attached hydrogen (secondary N) is 1. The summed E-state index contributed by atoms with van der Waals surface area (Å²) in [5.74, 6) is -0.336. The first-order valence-corrected chi connectivity index (χ1v) is 6.00. The van der Waals surface area contributed by atoms with Crippen molar-refractivity contribution in [1.82, 2.24) is 10.3 Å². The van der Waals surface area contributed by atoms with Crippen molar-refractivity contribution in [3.63, 3.8) is 0 Å². The molecule has 0 amide bonds. The third-order valence-corrected chi connectivity index (χ3v) is 2.48. The van der Waals surface area contributed by atoms with Crippen LogP contribution in [0.15, 0.2) is 34.9 Å². The minimum absolute atomic E-state index is 0.213. The predicted octanol–water partition coefficient (Wildman–Crippen LogP) is 3.60. The Balaban J connectivity index is 2.16. The van der Waals surface area contributed by atoms with Crippen LogP contribution >= 0.6 is 0 Å². The van der Waals surface area contributed by atoms with Gasteiger partial charge in [-0.1, -0.05) is 19.1 Å². The van der Waals surface area contributed by atoms with Gasteiger partial charge in [0.15, 0.2) is 0 Å². The van der Waals surface area contributed by atoms with Gasteiger partial charge in [0.25, 0.3) is 0 Å². The first kappa shape index (κ1) is 14.4. The molecular formula is C13H13F3N2O2. The number of alkyl halides is 3. The van der Waals surface area contributed by atoms with E-state index in [1.807, 2.05) is 6.92 Å². The van der Waals surface area contributed by atoms with E-state index in [1.165, 1.54) is 24.5 Å². The van der Waals surface area contributed by atoms with E-state index in [-0.39, 0.29) is 11.8 Å². The van der Waals surface area contributed by atoms with Crippen LogP contribution < -0.4 is 10.1 Å². The monoisotopic (exact) mass is 286 g/mol. The van der Waals surface area contributed by atoms with E-state index >= 15 is 0 Å². The maximum absolute atomic E-state index is 12.8. The van der Waals surface area contributed by atoms with Gasteiger partial charge in [0.2, 0.25) is 0 Å². The zero-order chi connectivity index (χ0) is 14.6. The normalized spacial score (nSPS) is 11.6. The first-order valence-electron chi connectivity index (χ1n) is 6.00. The maximum atomic E-state index is 12.8. The maximum Gasteiger partial charge on any atom is 0.419 e. The van der Waals surface area contributed by atoms with Crippen LogP contribution in [0.1, 0.15) is 18.2 Å². The van der Waals surface area contributed by atoms with Crippen LogP contribution in [0.5, 0.6) is 11.8 Å². The summed E-state index contributed by atoms with van der Waals surface area (Å²) in [6.45, 7) is 3.14. The van der Waals surface area contributed by atoms with Crippen molar-refractivity contribution >= 4 is 0 Å². The Morgan fingerprint density at radius 3 is 2.75 bits per heavy atom. The van der Waals surface area contributed by atoms with Crippen LogP contribution in [0.4, 0.5) is 13.2 Å². The molecule has 2 rings (SSSR count). The molecule has 0 saturated carbocycles. The van der Waals surface area contributed by atoms with E-state index in [1.54, 1.807) is 0 Å².